The summed E-state index contributed by atoms with van der Waals surface area (Å²) in [6.45, 7) is 0.537. The van der Waals surface area contributed by atoms with Crippen LogP contribution in [-0.2, 0) is 10.0 Å². The zero-order valence-electron chi connectivity index (χ0n) is 10.9. The Labute approximate surface area is 117 Å². The third kappa shape index (κ3) is 3.13. The summed E-state index contributed by atoms with van der Waals surface area (Å²) >= 11 is 0. The maximum absolute atomic E-state index is 12.3. The highest BCUT2D eigenvalue weighted by Gasteiger charge is 2.24. The van der Waals surface area contributed by atoms with Crippen molar-refractivity contribution in [1.29, 1.82) is 0 Å². The quantitative estimate of drug-likeness (QED) is 0.735. The van der Waals surface area contributed by atoms with Gasteiger partial charge in [0.1, 0.15) is 0 Å². The summed E-state index contributed by atoms with van der Waals surface area (Å²) in [6, 6.07) is 8.12. The molecule has 0 saturated heterocycles. The Balaban J connectivity index is 2.38. The lowest BCUT2D eigenvalue weighted by molar-refractivity contribution is 0.00681. The summed E-state index contributed by atoms with van der Waals surface area (Å²) in [4.78, 5) is 4.19. The van der Waals surface area contributed by atoms with Crippen molar-refractivity contribution in [2.45, 2.75) is 17.4 Å². The van der Waals surface area contributed by atoms with Crippen LogP contribution in [0.3, 0.4) is 0 Å². The highest BCUT2D eigenvalue weighted by atomic mass is 32.2. The van der Waals surface area contributed by atoms with Crippen molar-refractivity contribution in [2.75, 3.05) is 13.2 Å². The van der Waals surface area contributed by atoms with Crippen molar-refractivity contribution in [3.8, 4) is 0 Å². The van der Waals surface area contributed by atoms with E-state index in [1.807, 2.05) is 0 Å². The van der Waals surface area contributed by atoms with Gasteiger partial charge in [0.2, 0.25) is 10.0 Å². The first kappa shape index (κ1) is 14.9. The normalized spacial score (nSPS) is 15.2. The first-order valence-corrected chi connectivity index (χ1v) is 7.51. The van der Waals surface area contributed by atoms with Gasteiger partial charge in [0, 0.05) is 18.1 Å². The number of nitrogens with zero attached hydrogens (tertiary/aromatic N) is 1. The minimum absolute atomic E-state index is 0.0943. The zero-order chi connectivity index (χ0) is 14.8. The van der Waals surface area contributed by atoms with Gasteiger partial charge in [-0.3, -0.25) is 4.98 Å². The molecule has 3 N–H and O–H groups in total. The van der Waals surface area contributed by atoms with Gasteiger partial charge in [0.05, 0.1) is 22.6 Å². The van der Waals surface area contributed by atoms with E-state index in [0.29, 0.717) is 10.9 Å². The SMILES string of the molecule is CC(O)(CO)CNS(=O)(=O)c1cccc2ncccc12. The van der Waals surface area contributed by atoms with Gasteiger partial charge in [-0.2, -0.15) is 0 Å². The summed E-state index contributed by atoms with van der Waals surface area (Å²) in [5, 5.41) is 19.1. The van der Waals surface area contributed by atoms with Gasteiger partial charge in [0.25, 0.3) is 0 Å². The summed E-state index contributed by atoms with van der Waals surface area (Å²) in [7, 11) is -3.79. The maximum atomic E-state index is 12.3. The topological polar surface area (TPSA) is 99.5 Å². The first-order chi connectivity index (χ1) is 9.36. The second-order valence-electron chi connectivity index (χ2n) is 4.81. The van der Waals surface area contributed by atoms with E-state index in [4.69, 9.17) is 5.11 Å². The number of pyridine rings is 1. The van der Waals surface area contributed by atoms with E-state index in [9.17, 15) is 13.5 Å². The van der Waals surface area contributed by atoms with Crippen molar-refractivity contribution in [3.05, 3.63) is 36.5 Å². The van der Waals surface area contributed by atoms with Crippen LogP contribution in [0.15, 0.2) is 41.4 Å². The number of aromatic nitrogens is 1. The summed E-state index contributed by atoms with van der Waals surface area (Å²) in [5.74, 6) is 0. The van der Waals surface area contributed by atoms with Crippen molar-refractivity contribution in [2.24, 2.45) is 0 Å². The second kappa shape index (κ2) is 5.45. The van der Waals surface area contributed by atoms with Crippen LogP contribution in [0, 0.1) is 0 Å². The molecule has 1 atom stereocenters. The molecule has 0 fully saturated rings. The molecule has 0 spiro atoms. The van der Waals surface area contributed by atoms with E-state index in [1.165, 1.54) is 13.0 Å². The van der Waals surface area contributed by atoms with Crippen molar-refractivity contribution in [3.63, 3.8) is 0 Å². The highest BCUT2D eigenvalue weighted by molar-refractivity contribution is 7.89. The summed E-state index contributed by atoms with van der Waals surface area (Å²) in [6.07, 6.45) is 1.59. The largest absolute Gasteiger partial charge is 0.393 e. The molecule has 20 heavy (non-hydrogen) atoms. The molecular formula is C13H16N2O4S. The number of sulfonamides is 1. The van der Waals surface area contributed by atoms with Gasteiger partial charge in [-0.25, -0.2) is 13.1 Å². The van der Waals surface area contributed by atoms with E-state index in [1.54, 1.807) is 30.5 Å². The number of benzene rings is 1. The Kier molecular flexibility index (Phi) is 4.05. The molecule has 0 aliphatic carbocycles. The number of hydrogen-bond acceptors (Lipinski definition) is 5. The zero-order valence-corrected chi connectivity index (χ0v) is 11.8. The van der Waals surface area contributed by atoms with Gasteiger partial charge < -0.3 is 10.2 Å². The fourth-order valence-corrected chi connectivity index (χ4v) is 3.07. The number of hydrogen-bond donors (Lipinski definition) is 3. The Hall–Kier alpha value is -1.54. The Morgan fingerprint density at radius 3 is 2.75 bits per heavy atom. The molecular weight excluding hydrogens is 280 g/mol. The molecule has 1 aromatic carbocycles. The molecule has 0 amide bonds. The van der Waals surface area contributed by atoms with Crippen LogP contribution in [0.5, 0.6) is 0 Å². The van der Waals surface area contributed by atoms with Crippen LogP contribution >= 0.6 is 0 Å². The average Bonchev–Trinajstić information content (AvgIpc) is 2.45. The summed E-state index contributed by atoms with van der Waals surface area (Å²) in [5.41, 5.74) is -0.931. The van der Waals surface area contributed by atoms with Gasteiger partial charge >= 0.3 is 0 Å². The highest BCUT2D eigenvalue weighted by Crippen LogP contribution is 2.21. The number of aliphatic hydroxyl groups excluding tert-OH is 1. The number of rotatable bonds is 5. The molecule has 0 saturated carbocycles. The smallest absolute Gasteiger partial charge is 0.241 e. The lowest BCUT2D eigenvalue weighted by atomic mass is 10.1. The predicted molar refractivity (Wildman–Crippen MR) is 74.6 cm³/mol. The molecule has 0 bridgehead atoms. The molecule has 1 heterocycles. The van der Waals surface area contributed by atoms with Gasteiger partial charge in [-0.15, -0.1) is 0 Å². The first-order valence-electron chi connectivity index (χ1n) is 6.02. The molecule has 0 aliphatic rings. The molecule has 7 heteroatoms. The minimum atomic E-state index is -3.79. The van der Waals surface area contributed by atoms with Crippen molar-refractivity contribution >= 4 is 20.9 Å². The van der Waals surface area contributed by atoms with Gasteiger partial charge in [0.15, 0.2) is 0 Å². The van der Waals surface area contributed by atoms with E-state index in [-0.39, 0.29) is 11.4 Å². The molecule has 2 aromatic rings. The molecule has 108 valence electrons. The lowest BCUT2D eigenvalue weighted by Gasteiger charge is -2.20. The predicted octanol–water partition coefficient (Wildman–Crippen LogP) is 0.256. The van der Waals surface area contributed by atoms with Gasteiger partial charge in [-0.05, 0) is 31.2 Å². The molecule has 2 rings (SSSR count). The lowest BCUT2D eigenvalue weighted by Crippen LogP contribution is -2.43. The number of aliphatic hydroxyl groups is 2. The van der Waals surface area contributed by atoms with E-state index in [2.05, 4.69) is 9.71 Å². The third-order valence-electron chi connectivity index (χ3n) is 2.88. The molecule has 0 radical (unpaired) electrons. The number of nitrogens with one attached hydrogen (secondary N) is 1. The van der Waals surface area contributed by atoms with Crippen LogP contribution in [0.25, 0.3) is 10.9 Å². The van der Waals surface area contributed by atoms with Crippen LogP contribution in [0.1, 0.15) is 6.92 Å². The van der Waals surface area contributed by atoms with Crippen LogP contribution < -0.4 is 4.72 Å². The second-order valence-corrected chi connectivity index (χ2v) is 6.54. The maximum Gasteiger partial charge on any atom is 0.241 e. The van der Waals surface area contributed by atoms with E-state index in [0.717, 1.165) is 0 Å². The van der Waals surface area contributed by atoms with Crippen LogP contribution in [-0.4, -0.2) is 42.4 Å². The molecule has 1 unspecified atom stereocenters. The third-order valence-corrected chi connectivity index (χ3v) is 4.34. The fraction of sp³-hybridized carbons (Fsp3) is 0.308. The monoisotopic (exact) mass is 296 g/mol. The molecule has 1 aromatic heterocycles. The van der Waals surface area contributed by atoms with Crippen LogP contribution in [0.2, 0.25) is 0 Å². The fourth-order valence-electron chi connectivity index (χ4n) is 1.69. The van der Waals surface area contributed by atoms with E-state index >= 15 is 0 Å². The molecule has 0 aliphatic heterocycles. The standard InChI is InChI=1S/C13H16N2O4S/c1-13(17,9-16)8-15-20(18,19)12-6-2-5-11-10(12)4-3-7-14-11/h2-7,15-17H,8-9H2,1H3. The average molecular weight is 296 g/mol. The van der Waals surface area contributed by atoms with Crippen molar-refractivity contribution in [1.82, 2.24) is 9.71 Å². The molecule has 6 nitrogen and oxygen atoms in total. The summed E-state index contributed by atoms with van der Waals surface area (Å²) < 4.78 is 26.8. The van der Waals surface area contributed by atoms with Gasteiger partial charge in [-0.1, -0.05) is 6.07 Å². The number of fused-ring (bicyclic) bond motifs is 1. The van der Waals surface area contributed by atoms with Crippen molar-refractivity contribution < 1.29 is 18.6 Å². The van der Waals surface area contributed by atoms with E-state index < -0.39 is 22.2 Å². The Morgan fingerprint density at radius 1 is 1.30 bits per heavy atom. The minimum Gasteiger partial charge on any atom is -0.393 e. The Morgan fingerprint density at radius 2 is 2.05 bits per heavy atom. The Bertz CT molecular complexity index is 708. The van der Waals surface area contributed by atoms with Crippen LogP contribution in [0.4, 0.5) is 0 Å².